The van der Waals surface area contributed by atoms with Crippen LogP contribution in [0.4, 0.5) is 0 Å². The largest absolute Gasteiger partial charge is 0.256 e. The smallest absolute Gasteiger partial charge is 0.169 e. The summed E-state index contributed by atoms with van der Waals surface area (Å²) < 4.78 is 4.57. The fourth-order valence-corrected chi connectivity index (χ4v) is 3.79. The molecule has 0 unspecified atom stereocenters. The molecule has 0 aromatic carbocycles. The van der Waals surface area contributed by atoms with Crippen LogP contribution in [0.15, 0.2) is 67.4 Å². The van der Waals surface area contributed by atoms with E-state index in [0.717, 1.165) is 18.8 Å². The molecule has 0 amide bonds. The van der Waals surface area contributed by atoms with Gasteiger partial charge in [-0.05, 0) is 36.1 Å². The highest BCUT2D eigenvalue weighted by Crippen LogP contribution is 2.23. The molecule has 3 heteroatoms. The number of unbranched alkanes of at least 4 members (excludes halogenated alkanes) is 6. The van der Waals surface area contributed by atoms with Gasteiger partial charge in [0.05, 0.1) is 5.69 Å². The van der Waals surface area contributed by atoms with Gasteiger partial charge in [0.2, 0.25) is 0 Å². The zero-order valence-electron chi connectivity index (χ0n) is 18.8. The van der Waals surface area contributed by atoms with E-state index in [1.807, 2.05) is 6.20 Å². The lowest BCUT2D eigenvalue weighted by Crippen LogP contribution is -2.32. The fraction of sp³-hybridized carbons (Fsp3) is 0.444. The van der Waals surface area contributed by atoms with Gasteiger partial charge in [-0.25, -0.2) is 9.13 Å². The van der Waals surface area contributed by atoms with E-state index in [1.54, 1.807) is 0 Å². The molecule has 3 nitrogen and oxygen atoms in total. The first-order chi connectivity index (χ1) is 14.8. The van der Waals surface area contributed by atoms with Crippen molar-refractivity contribution in [1.29, 1.82) is 0 Å². The zero-order valence-corrected chi connectivity index (χ0v) is 18.8. The summed E-state index contributed by atoms with van der Waals surface area (Å²) in [6.45, 7) is 6.71. The molecule has 3 rings (SSSR count). The summed E-state index contributed by atoms with van der Waals surface area (Å²) in [6.07, 6.45) is 21.0. The van der Waals surface area contributed by atoms with Gasteiger partial charge in [-0.15, -0.1) is 0 Å². The minimum Gasteiger partial charge on any atom is -0.256 e. The highest BCUT2D eigenvalue weighted by Gasteiger charge is 2.08. The molecule has 0 radical (unpaired) electrons. The highest BCUT2D eigenvalue weighted by atomic mass is 14.9. The number of aryl methyl sites for hydroxylation is 2. The van der Waals surface area contributed by atoms with Crippen molar-refractivity contribution in [2.24, 2.45) is 0 Å². The van der Waals surface area contributed by atoms with Crippen molar-refractivity contribution in [2.45, 2.75) is 78.3 Å². The molecule has 0 aliphatic rings. The second-order valence-electron chi connectivity index (χ2n) is 8.20. The van der Waals surface area contributed by atoms with Gasteiger partial charge in [-0.1, -0.05) is 39.5 Å². The predicted octanol–water partition coefficient (Wildman–Crippen LogP) is 6.15. The third-order valence-corrected chi connectivity index (χ3v) is 5.71. The van der Waals surface area contributed by atoms with Crippen LogP contribution in [0.1, 0.15) is 65.2 Å². The van der Waals surface area contributed by atoms with E-state index in [2.05, 4.69) is 89.2 Å². The number of pyridine rings is 3. The summed E-state index contributed by atoms with van der Waals surface area (Å²) in [6, 6.07) is 13.1. The molecule has 0 saturated carbocycles. The van der Waals surface area contributed by atoms with Crippen molar-refractivity contribution in [1.82, 2.24) is 4.98 Å². The normalized spacial score (nSPS) is 11.0. The fourth-order valence-electron chi connectivity index (χ4n) is 3.79. The van der Waals surface area contributed by atoms with E-state index in [-0.39, 0.29) is 0 Å². The first-order valence-electron chi connectivity index (χ1n) is 11.7. The molecule has 0 spiro atoms. The van der Waals surface area contributed by atoms with Gasteiger partial charge in [0.25, 0.3) is 0 Å². The maximum atomic E-state index is 4.61. The van der Waals surface area contributed by atoms with Crippen molar-refractivity contribution in [3.05, 3.63) is 67.4 Å². The maximum Gasteiger partial charge on any atom is 0.169 e. The molecular weight excluding hydrogens is 366 g/mol. The van der Waals surface area contributed by atoms with Crippen molar-refractivity contribution in [2.75, 3.05) is 0 Å². The summed E-state index contributed by atoms with van der Waals surface area (Å²) in [4.78, 5) is 4.61. The van der Waals surface area contributed by atoms with Gasteiger partial charge in [0, 0.05) is 48.9 Å². The van der Waals surface area contributed by atoms with Crippen molar-refractivity contribution < 1.29 is 9.13 Å². The van der Waals surface area contributed by atoms with E-state index >= 15 is 0 Å². The number of aromatic nitrogens is 3. The van der Waals surface area contributed by atoms with Gasteiger partial charge in [0.1, 0.15) is 13.1 Å². The summed E-state index contributed by atoms with van der Waals surface area (Å²) in [5.41, 5.74) is 4.66. The van der Waals surface area contributed by atoms with Crippen LogP contribution in [-0.4, -0.2) is 4.98 Å². The molecule has 3 aromatic heterocycles. The monoisotopic (exact) mass is 403 g/mol. The van der Waals surface area contributed by atoms with Gasteiger partial charge >= 0.3 is 0 Å². The van der Waals surface area contributed by atoms with E-state index in [9.17, 15) is 0 Å². The minimum atomic E-state index is 1.03. The van der Waals surface area contributed by atoms with Crippen LogP contribution in [0.2, 0.25) is 0 Å². The van der Waals surface area contributed by atoms with Crippen LogP contribution in [0, 0.1) is 0 Å². The third-order valence-electron chi connectivity index (χ3n) is 5.71. The van der Waals surface area contributed by atoms with Gasteiger partial charge < -0.3 is 0 Å². The molecule has 0 fully saturated rings. The first kappa shape index (κ1) is 22.1. The number of hydrogen-bond acceptors (Lipinski definition) is 1. The molecule has 0 saturated heterocycles. The Kier molecular flexibility index (Phi) is 9.02. The highest BCUT2D eigenvalue weighted by molar-refractivity contribution is 5.69. The molecule has 30 heavy (non-hydrogen) atoms. The topological polar surface area (TPSA) is 20.6 Å². The first-order valence-corrected chi connectivity index (χ1v) is 11.7. The number of nitrogens with zero attached hydrogens (tertiary/aromatic N) is 3. The third kappa shape index (κ3) is 6.76. The standard InChI is InChI=1S/C27H37N3/c1-3-5-7-9-17-29-19-12-24(13-20-29)26-11-16-28-27(23-26)25-14-21-30(22-15-25)18-10-8-6-4-2/h11-16,19-23H,3-10,17-18H2,1-2H3/q+2. The molecule has 0 N–H and O–H groups in total. The molecule has 0 bridgehead atoms. The van der Waals surface area contributed by atoms with Gasteiger partial charge in [-0.3, -0.25) is 4.98 Å². The molecule has 0 aliphatic carbocycles. The molecule has 158 valence electrons. The zero-order chi connectivity index (χ0) is 21.0. The van der Waals surface area contributed by atoms with E-state index in [0.29, 0.717) is 0 Å². The number of rotatable bonds is 12. The minimum absolute atomic E-state index is 1.03. The van der Waals surface area contributed by atoms with E-state index < -0.39 is 0 Å². The Labute approximate surface area is 182 Å². The Bertz CT molecular complexity index is 799. The Morgan fingerprint density at radius 1 is 0.600 bits per heavy atom. The van der Waals surface area contributed by atoms with Gasteiger partial charge in [-0.2, -0.15) is 0 Å². The van der Waals surface area contributed by atoms with Crippen LogP contribution >= 0.6 is 0 Å². The van der Waals surface area contributed by atoms with Crippen molar-refractivity contribution in [3.8, 4) is 22.4 Å². The quantitative estimate of drug-likeness (QED) is 0.262. The lowest BCUT2D eigenvalue weighted by molar-refractivity contribution is -0.697. The van der Waals surface area contributed by atoms with Crippen LogP contribution in [0.3, 0.4) is 0 Å². The summed E-state index contributed by atoms with van der Waals surface area (Å²) in [7, 11) is 0. The van der Waals surface area contributed by atoms with Crippen LogP contribution < -0.4 is 9.13 Å². The van der Waals surface area contributed by atoms with E-state index in [4.69, 9.17) is 0 Å². The van der Waals surface area contributed by atoms with Crippen LogP contribution in [0.25, 0.3) is 22.4 Å². The van der Waals surface area contributed by atoms with Crippen LogP contribution in [0.5, 0.6) is 0 Å². The van der Waals surface area contributed by atoms with Crippen molar-refractivity contribution in [3.63, 3.8) is 0 Å². The number of hydrogen-bond donors (Lipinski definition) is 0. The van der Waals surface area contributed by atoms with Gasteiger partial charge in [0.15, 0.2) is 24.8 Å². The Morgan fingerprint density at radius 3 is 1.67 bits per heavy atom. The lowest BCUT2D eigenvalue weighted by atomic mass is 10.1. The maximum absolute atomic E-state index is 4.61. The lowest BCUT2D eigenvalue weighted by Gasteiger charge is -2.05. The van der Waals surface area contributed by atoms with Crippen molar-refractivity contribution >= 4 is 0 Å². The second kappa shape index (κ2) is 12.2. The summed E-state index contributed by atoms with van der Waals surface area (Å²) >= 11 is 0. The predicted molar refractivity (Wildman–Crippen MR) is 124 cm³/mol. The summed E-state index contributed by atoms with van der Waals surface area (Å²) in [5.74, 6) is 0. The average molecular weight is 404 g/mol. The molecule has 3 heterocycles. The van der Waals surface area contributed by atoms with Crippen LogP contribution in [-0.2, 0) is 13.1 Å². The Morgan fingerprint density at radius 2 is 1.13 bits per heavy atom. The second-order valence-corrected chi connectivity index (χ2v) is 8.20. The molecule has 0 atom stereocenters. The molecule has 3 aromatic rings. The Hall–Kier alpha value is -2.55. The molecule has 0 aliphatic heterocycles. The summed E-state index contributed by atoms with van der Waals surface area (Å²) in [5, 5.41) is 0. The van der Waals surface area contributed by atoms with E-state index in [1.165, 1.54) is 68.1 Å². The SMILES string of the molecule is CCCCCC[n+]1ccc(-c2ccnc(-c3cc[n+](CCCCCC)cc3)c2)cc1. The Balaban J connectivity index is 1.63. The molecular formula is C27H37N3+2. The average Bonchev–Trinajstić information content (AvgIpc) is 2.80.